The number of hydrogen-bond acceptors (Lipinski definition) is 3. The normalized spacial score (nSPS) is 24.2. The minimum Gasteiger partial charge on any atom is -0.392 e. The number of aliphatic hydroxyl groups is 1. The van der Waals surface area contributed by atoms with Crippen LogP contribution in [0.5, 0.6) is 0 Å². The maximum atomic E-state index is 13.5. The molecule has 6 heteroatoms. The van der Waals surface area contributed by atoms with Crippen molar-refractivity contribution in [3.05, 3.63) is 35.4 Å². The molecule has 0 aromatic heterocycles. The van der Waals surface area contributed by atoms with E-state index in [-0.39, 0.29) is 11.5 Å². The molecule has 0 saturated carbocycles. The van der Waals surface area contributed by atoms with Crippen LogP contribution in [0, 0.1) is 11.6 Å². The second-order valence-corrected chi connectivity index (χ2v) is 4.75. The Morgan fingerprint density at radius 1 is 1.53 bits per heavy atom. The second-order valence-electron chi connectivity index (χ2n) is 4.75. The van der Waals surface area contributed by atoms with Gasteiger partial charge in [0.25, 0.3) is 0 Å². The topological polar surface area (TPSA) is 61.4 Å². The zero-order valence-electron chi connectivity index (χ0n) is 10.5. The van der Waals surface area contributed by atoms with Gasteiger partial charge in [-0.3, -0.25) is 4.79 Å². The van der Waals surface area contributed by atoms with Crippen LogP contribution in [0.15, 0.2) is 18.2 Å². The first-order chi connectivity index (χ1) is 8.97. The Morgan fingerprint density at radius 3 is 2.84 bits per heavy atom. The molecule has 104 valence electrons. The fraction of sp³-hybridized carbons (Fsp3) is 0.462. The summed E-state index contributed by atoms with van der Waals surface area (Å²) >= 11 is 0. The van der Waals surface area contributed by atoms with Crippen molar-refractivity contribution in [2.24, 2.45) is 0 Å². The zero-order valence-corrected chi connectivity index (χ0v) is 10.5. The van der Waals surface area contributed by atoms with Gasteiger partial charge in [0.05, 0.1) is 18.2 Å². The van der Waals surface area contributed by atoms with Crippen molar-refractivity contribution in [2.45, 2.75) is 31.5 Å². The maximum Gasteiger partial charge on any atom is 0.237 e. The Hall–Kier alpha value is -1.53. The monoisotopic (exact) mass is 270 g/mol. The SMILES string of the molecule is C[C@H](NC(=O)[C@H]1C[C@H](O)CN1)c1ccc(F)cc1F. The van der Waals surface area contributed by atoms with Crippen molar-refractivity contribution >= 4 is 5.91 Å². The lowest BCUT2D eigenvalue weighted by molar-refractivity contribution is -0.123. The van der Waals surface area contributed by atoms with Crippen LogP contribution in [0.4, 0.5) is 8.78 Å². The predicted molar refractivity (Wildman–Crippen MR) is 65.3 cm³/mol. The largest absolute Gasteiger partial charge is 0.392 e. The molecule has 4 nitrogen and oxygen atoms in total. The number of benzene rings is 1. The fourth-order valence-corrected chi connectivity index (χ4v) is 2.16. The first kappa shape index (κ1) is 13.9. The van der Waals surface area contributed by atoms with E-state index in [9.17, 15) is 18.7 Å². The van der Waals surface area contributed by atoms with Gasteiger partial charge in [0.2, 0.25) is 5.91 Å². The quantitative estimate of drug-likeness (QED) is 0.763. The van der Waals surface area contributed by atoms with Gasteiger partial charge in [-0.25, -0.2) is 8.78 Å². The summed E-state index contributed by atoms with van der Waals surface area (Å²) in [5.74, 6) is -1.64. The van der Waals surface area contributed by atoms with E-state index >= 15 is 0 Å². The highest BCUT2D eigenvalue weighted by molar-refractivity contribution is 5.82. The summed E-state index contributed by atoms with van der Waals surface area (Å²) in [5, 5.41) is 14.8. The molecule has 1 aromatic rings. The number of hydrogen-bond donors (Lipinski definition) is 3. The van der Waals surface area contributed by atoms with Crippen molar-refractivity contribution in [3.8, 4) is 0 Å². The molecule has 0 bridgehead atoms. The van der Waals surface area contributed by atoms with Crippen LogP contribution >= 0.6 is 0 Å². The number of nitrogens with one attached hydrogen (secondary N) is 2. The van der Waals surface area contributed by atoms with Crippen molar-refractivity contribution < 1.29 is 18.7 Å². The van der Waals surface area contributed by atoms with Gasteiger partial charge in [0.15, 0.2) is 0 Å². The van der Waals surface area contributed by atoms with Crippen LogP contribution < -0.4 is 10.6 Å². The zero-order chi connectivity index (χ0) is 14.0. The molecule has 1 aliphatic heterocycles. The van der Waals surface area contributed by atoms with Crippen LogP contribution in [-0.4, -0.2) is 29.7 Å². The number of halogens is 2. The van der Waals surface area contributed by atoms with E-state index in [0.29, 0.717) is 13.0 Å². The highest BCUT2D eigenvalue weighted by Gasteiger charge is 2.29. The first-order valence-corrected chi connectivity index (χ1v) is 6.14. The number of amides is 1. The molecule has 2 rings (SSSR count). The van der Waals surface area contributed by atoms with Gasteiger partial charge in [-0.1, -0.05) is 6.07 Å². The van der Waals surface area contributed by atoms with Gasteiger partial charge < -0.3 is 15.7 Å². The summed E-state index contributed by atoms with van der Waals surface area (Å²) in [7, 11) is 0. The molecule has 0 radical (unpaired) electrons. The van der Waals surface area contributed by atoms with Gasteiger partial charge in [-0.15, -0.1) is 0 Å². The Labute approximate surface area is 109 Å². The number of carbonyl (C=O) groups excluding carboxylic acids is 1. The molecule has 3 N–H and O–H groups in total. The van der Waals surface area contributed by atoms with Gasteiger partial charge >= 0.3 is 0 Å². The second kappa shape index (κ2) is 5.63. The van der Waals surface area contributed by atoms with Crippen LogP contribution in [0.2, 0.25) is 0 Å². The highest BCUT2D eigenvalue weighted by atomic mass is 19.1. The van der Waals surface area contributed by atoms with Crippen LogP contribution in [0.1, 0.15) is 24.9 Å². The smallest absolute Gasteiger partial charge is 0.237 e. The van der Waals surface area contributed by atoms with E-state index in [1.54, 1.807) is 6.92 Å². The summed E-state index contributed by atoms with van der Waals surface area (Å²) in [5.41, 5.74) is 0.230. The number of aliphatic hydroxyl groups excluding tert-OH is 1. The Bertz CT molecular complexity index is 482. The standard InChI is InChI=1S/C13H16F2N2O2/c1-7(10-3-2-8(14)4-11(10)15)17-13(19)12-5-9(18)6-16-12/h2-4,7,9,12,16,18H,5-6H2,1H3,(H,17,19)/t7-,9-,12+/m0/s1. The van der Waals surface area contributed by atoms with E-state index in [4.69, 9.17) is 0 Å². The molecule has 0 aliphatic carbocycles. The maximum absolute atomic E-state index is 13.5. The van der Waals surface area contributed by atoms with Gasteiger partial charge in [-0.2, -0.15) is 0 Å². The van der Waals surface area contributed by atoms with Crippen LogP contribution in [0.3, 0.4) is 0 Å². The molecule has 3 atom stereocenters. The van der Waals surface area contributed by atoms with E-state index in [1.165, 1.54) is 6.07 Å². The van der Waals surface area contributed by atoms with Crippen molar-refractivity contribution in [1.29, 1.82) is 0 Å². The molecule has 19 heavy (non-hydrogen) atoms. The first-order valence-electron chi connectivity index (χ1n) is 6.14. The molecule has 1 amide bonds. The van der Waals surface area contributed by atoms with Crippen LogP contribution in [-0.2, 0) is 4.79 Å². The highest BCUT2D eigenvalue weighted by Crippen LogP contribution is 2.18. The number of carbonyl (C=O) groups is 1. The number of β-amino-alcohol motifs (C(OH)–C–C–N with tert-alkyl or cyclic N) is 1. The Morgan fingerprint density at radius 2 is 2.26 bits per heavy atom. The third-order valence-electron chi connectivity index (χ3n) is 3.21. The minimum absolute atomic E-state index is 0.230. The molecule has 1 saturated heterocycles. The molecular weight excluding hydrogens is 254 g/mol. The van der Waals surface area contributed by atoms with Crippen LogP contribution in [0.25, 0.3) is 0 Å². The third kappa shape index (κ3) is 3.27. The minimum atomic E-state index is -0.688. The van der Waals surface area contributed by atoms with Crippen molar-refractivity contribution in [2.75, 3.05) is 6.54 Å². The van der Waals surface area contributed by atoms with Gasteiger partial charge in [0.1, 0.15) is 11.6 Å². The summed E-state index contributed by atoms with van der Waals surface area (Å²) in [6, 6.07) is 2.22. The summed E-state index contributed by atoms with van der Waals surface area (Å²) in [6.07, 6.45) is -0.196. The molecule has 1 aromatic carbocycles. The van der Waals surface area contributed by atoms with E-state index < -0.39 is 29.8 Å². The molecular formula is C13H16F2N2O2. The average Bonchev–Trinajstić information content (AvgIpc) is 2.75. The molecule has 1 heterocycles. The van der Waals surface area contributed by atoms with Gasteiger partial charge in [-0.05, 0) is 19.4 Å². The molecule has 1 aliphatic rings. The van der Waals surface area contributed by atoms with Crippen molar-refractivity contribution in [3.63, 3.8) is 0 Å². The predicted octanol–water partition coefficient (Wildman–Crippen LogP) is 0.865. The molecule has 1 fully saturated rings. The van der Waals surface area contributed by atoms with E-state index in [2.05, 4.69) is 10.6 Å². The fourth-order valence-electron chi connectivity index (χ4n) is 2.16. The average molecular weight is 270 g/mol. The molecule has 0 spiro atoms. The van der Waals surface area contributed by atoms with Gasteiger partial charge in [0, 0.05) is 18.2 Å². The third-order valence-corrected chi connectivity index (χ3v) is 3.21. The summed E-state index contributed by atoms with van der Waals surface area (Å²) in [6.45, 7) is 2.00. The van der Waals surface area contributed by atoms with Crippen molar-refractivity contribution in [1.82, 2.24) is 10.6 Å². The van der Waals surface area contributed by atoms with E-state index in [0.717, 1.165) is 12.1 Å². The lowest BCUT2D eigenvalue weighted by atomic mass is 10.1. The molecule has 0 unspecified atom stereocenters. The summed E-state index contributed by atoms with van der Waals surface area (Å²) in [4.78, 5) is 11.9. The lowest BCUT2D eigenvalue weighted by Gasteiger charge is -2.18. The van der Waals surface area contributed by atoms with E-state index in [1.807, 2.05) is 0 Å². The lowest BCUT2D eigenvalue weighted by Crippen LogP contribution is -2.41. The Kier molecular flexibility index (Phi) is 4.11. The summed E-state index contributed by atoms with van der Waals surface area (Å²) < 4.78 is 26.3. The number of rotatable bonds is 3. The Balaban J connectivity index is 2.00.